The molecule has 2 N–H and O–H groups in total. The molecule has 0 saturated carbocycles. The van der Waals surface area contributed by atoms with E-state index in [2.05, 4.69) is 44.2 Å². The summed E-state index contributed by atoms with van der Waals surface area (Å²) < 4.78 is 0. The first-order valence-electron chi connectivity index (χ1n) is 18.6. The highest BCUT2D eigenvalue weighted by Crippen LogP contribution is 2.13. The smallest absolute Gasteiger partial charge is 0.328 e. The number of unbranched alkanes of at least 4 members (excludes halogenated alkanes) is 23. The van der Waals surface area contributed by atoms with E-state index in [9.17, 15) is 9.59 Å². The summed E-state index contributed by atoms with van der Waals surface area (Å²) in [5, 5.41) is 16.9. The molecule has 0 unspecified atom stereocenters. The normalized spacial score (nSPS) is 11.7. The second-order valence-corrected chi connectivity index (χ2v) is 12.2. The van der Waals surface area contributed by atoms with E-state index >= 15 is 0 Å². The maximum Gasteiger partial charge on any atom is 0.328 e. The summed E-state index contributed by atoms with van der Waals surface area (Å²) in [4.78, 5) is 20.6. The van der Waals surface area contributed by atoms with Crippen LogP contribution in [0.3, 0.4) is 0 Å². The Morgan fingerprint density at radius 1 is 0.432 bits per heavy atom. The van der Waals surface area contributed by atoms with Gasteiger partial charge in [0.1, 0.15) is 0 Å². The van der Waals surface area contributed by atoms with Crippen molar-refractivity contribution < 1.29 is 19.8 Å². The number of carboxylic acid groups (broad SMARTS) is 2. The minimum absolute atomic E-state index is 0.331. The van der Waals surface area contributed by atoms with Crippen LogP contribution in [0.5, 0.6) is 0 Å². The molecule has 0 spiro atoms. The Morgan fingerprint density at radius 2 is 0.795 bits per heavy atom. The Morgan fingerprint density at radius 3 is 1.23 bits per heavy atom. The number of aliphatic carboxylic acids is 2. The summed E-state index contributed by atoms with van der Waals surface area (Å²) in [6, 6.07) is 0. The highest BCUT2D eigenvalue weighted by Gasteiger charge is 1.96. The van der Waals surface area contributed by atoms with Gasteiger partial charge in [-0.15, -0.1) is 0 Å². The van der Waals surface area contributed by atoms with Gasteiger partial charge in [0.2, 0.25) is 0 Å². The van der Waals surface area contributed by atoms with Gasteiger partial charge in [-0.1, -0.05) is 178 Å². The van der Waals surface area contributed by atoms with Crippen LogP contribution in [0, 0.1) is 0 Å². The van der Waals surface area contributed by atoms with Gasteiger partial charge in [-0.2, -0.15) is 0 Å². The minimum Gasteiger partial charge on any atom is -0.481 e. The molecule has 0 rings (SSSR count). The molecule has 0 radical (unpaired) electrons. The van der Waals surface area contributed by atoms with Gasteiger partial charge in [0.05, 0.1) is 0 Å². The van der Waals surface area contributed by atoms with E-state index in [4.69, 9.17) is 10.2 Å². The molecule has 4 heteroatoms. The topological polar surface area (TPSA) is 74.6 Å². The predicted octanol–water partition coefficient (Wildman–Crippen LogP) is 13.3. The van der Waals surface area contributed by atoms with Crippen LogP contribution >= 0.6 is 0 Å². The molecule has 0 amide bonds. The summed E-state index contributed by atoms with van der Waals surface area (Å²) in [5.74, 6) is -1.55. The maximum atomic E-state index is 10.3. The van der Waals surface area contributed by atoms with Crippen molar-refractivity contribution in [1.82, 2.24) is 0 Å². The molecule has 0 bridgehead atoms. The first kappa shape index (κ1) is 44.0. The first-order valence-corrected chi connectivity index (χ1v) is 18.6. The van der Waals surface area contributed by atoms with Crippen molar-refractivity contribution in [2.75, 3.05) is 0 Å². The third-order valence-corrected chi connectivity index (χ3v) is 7.80. The van der Waals surface area contributed by atoms with Crippen LogP contribution < -0.4 is 0 Å². The molecule has 0 saturated heterocycles. The standard InChI is InChI=1S/2C20H36O2/c2*1-2-3-4-5-6-7-8-9-10-11-12-13-14-15-16-17-18-19-20(21)22/h16-19H,2-15H2,1H3,(H,21,22);6-7,9-10H,2-5,8,11-19H2,1H3,(H,21,22). The van der Waals surface area contributed by atoms with E-state index in [1.807, 2.05) is 6.08 Å². The lowest BCUT2D eigenvalue weighted by Crippen LogP contribution is -1.93. The monoisotopic (exact) mass is 617 g/mol. The van der Waals surface area contributed by atoms with Crippen molar-refractivity contribution in [3.05, 3.63) is 48.6 Å². The molecule has 0 aromatic carbocycles. The second kappa shape index (κ2) is 40.9. The van der Waals surface area contributed by atoms with Gasteiger partial charge in [0.25, 0.3) is 0 Å². The molecular formula is C40H72O4. The Labute approximate surface area is 273 Å². The number of hydrogen-bond donors (Lipinski definition) is 2. The Balaban J connectivity index is 0. The van der Waals surface area contributed by atoms with Crippen LogP contribution in [-0.4, -0.2) is 22.2 Å². The van der Waals surface area contributed by atoms with Crippen molar-refractivity contribution in [3.8, 4) is 0 Å². The zero-order chi connectivity index (χ0) is 32.6. The molecule has 256 valence electrons. The van der Waals surface area contributed by atoms with Gasteiger partial charge >= 0.3 is 11.9 Å². The number of rotatable bonds is 32. The van der Waals surface area contributed by atoms with Gasteiger partial charge in [-0.25, -0.2) is 4.79 Å². The van der Waals surface area contributed by atoms with Crippen LogP contribution in [0.1, 0.15) is 194 Å². The number of allylic oxidation sites excluding steroid dienone is 7. The van der Waals surface area contributed by atoms with Gasteiger partial charge in [0, 0.05) is 12.5 Å². The average Bonchev–Trinajstić information content (AvgIpc) is 3.00. The number of carbonyl (C=O) groups is 2. The largest absolute Gasteiger partial charge is 0.481 e. The molecule has 0 aliphatic heterocycles. The number of hydrogen-bond acceptors (Lipinski definition) is 2. The van der Waals surface area contributed by atoms with Crippen LogP contribution in [0.25, 0.3) is 0 Å². The van der Waals surface area contributed by atoms with Gasteiger partial charge in [-0.3, -0.25) is 4.79 Å². The van der Waals surface area contributed by atoms with Crippen LogP contribution in [-0.2, 0) is 9.59 Å². The van der Waals surface area contributed by atoms with Crippen LogP contribution in [0.2, 0.25) is 0 Å². The second-order valence-electron chi connectivity index (χ2n) is 12.2. The van der Waals surface area contributed by atoms with E-state index in [0.29, 0.717) is 6.42 Å². The Bertz CT molecular complexity index is 704. The van der Waals surface area contributed by atoms with E-state index in [0.717, 1.165) is 25.7 Å². The summed E-state index contributed by atoms with van der Waals surface area (Å²) in [5.41, 5.74) is 0. The quantitative estimate of drug-likeness (QED) is 0.0341. The van der Waals surface area contributed by atoms with Gasteiger partial charge in [-0.05, 0) is 51.4 Å². The minimum atomic E-state index is -0.884. The molecule has 0 aromatic rings. The van der Waals surface area contributed by atoms with Gasteiger partial charge in [0.15, 0.2) is 0 Å². The predicted molar refractivity (Wildman–Crippen MR) is 192 cm³/mol. The fourth-order valence-electron chi connectivity index (χ4n) is 5.03. The van der Waals surface area contributed by atoms with Crippen molar-refractivity contribution in [2.24, 2.45) is 0 Å². The number of carboxylic acids is 2. The molecule has 0 fully saturated rings. The third-order valence-electron chi connectivity index (χ3n) is 7.80. The molecule has 0 heterocycles. The molecular weight excluding hydrogens is 544 g/mol. The highest BCUT2D eigenvalue weighted by atomic mass is 16.4. The zero-order valence-electron chi connectivity index (χ0n) is 29.1. The molecule has 0 aliphatic carbocycles. The van der Waals surface area contributed by atoms with Crippen molar-refractivity contribution in [3.63, 3.8) is 0 Å². The van der Waals surface area contributed by atoms with E-state index in [1.54, 1.807) is 6.08 Å². The van der Waals surface area contributed by atoms with E-state index in [1.165, 1.54) is 154 Å². The van der Waals surface area contributed by atoms with Gasteiger partial charge < -0.3 is 10.2 Å². The molecule has 44 heavy (non-hydrogen) atoms. The molecule has 0 aliphatic rings. The van der Waals surface area contributed by atoms with Crippen molar-refractivity contribution in [1.29, 1.82) is 0 Å². The molecule has 0 atom stereocenters. The fourth-order valence-corrected chi connectivity index (χ4v) is 5.03. The highest BCUT2D eigenvalue weighted by molar-refractivity contribution is 5.80. The molecule has 4 nitrogen and oxygen atoms in total. The fraction of sp³-hybridized carbons (Fsp3) is 0.750. The Kier molecular flexibility index (Phi) is 40.9. The zero-order valence-corrected chi connectivity index (χ0v) is 29.1. The van der Waals surface area contributed by atoms with Crippen molar-refractivity contribution in [2.45, 2.75) is 194 Å². The lowest BCUT2D eigenvalue weighted by Gasteiger charge is -2.02. The lowest BCUT2D eigenvalue weighted by atomic mass is 10.0. The van der Waals surface area contributed by atoms with Crippen LogP contribution in [0.4, 0.5) is 0 Å². The first-order chi connectivity index (χ1) is 21.5. The summed E-state index contributed by atoms with van der Waals surface area (Å²) in [6.07, 6.45) is 50.8. The maximum absolute atomic E-state index is 10.3. The molecule has 0 aromatic heterocycles. The summed E-state index contributed by atoms with van der Waals surface area (Å²) >= 11 is 0. The summed E-state index contributed by atoms with van der Waals surface area (Å²) in [6.45, 7) is 4.51. The third kappa shape index (κ3) is 46.8. The van der Waals surface area contributed by atoms with Crippen LogP contribution in [0.15, 0.2) is 48.6 Å². The van der Waals surface area contributed by atoms with E-state index in [-0.39, 0.29) is 0 Å². The van der Waals surface area contributed by atoms with E-state index < -0.39 is 11.9 Å². The summed E-state index contributed by atoms with van der Waals surface area (Å²) in [7, 11) is 0. The van der Waals surface area contributed by atoms with Crippen molar-refractivity contribution >= 4 is 11.9 Å². The lowest BCUT2D eigenvalue weighted by molar-refractivity contribution is -0.137. The average molecular weight is 617 g/mol. The SMILES string of the molecule is CCCCCC=CCC=CCCCCCCCCCC(=O)O.CCCCCCCCCCCCCCCC=CC=CC(=O)O. The Hall–Kier alpha value is -2.10.